The Kier molecular flexibility index (Phi) is 5.63. The minimum absolute atomic E-state index is 0.000560. The number of nitrogens with one attached hydrogen (secondary N) is 1. The lowest BCUT2D eigenvalue weighted by atomic mass is 9.84. The van der Waals surface area contributed by atoms with E-state index in [1.807, 2.05) is 11.4 Å². The van der Waals surface area contributed by atoms with E-state index in [0.717, 1.165) is 5.56 Å². The van der Waals surface area contributed by atoms with Gasteiger partial charge in [-0.2, -0.15) is 0 Å². The molecule has 0 spiro atoms. The molecule has 1 atom stereocenters. The van der Waals surface area contributed by atoms with Crippen LogP contribution in [-0.4, -0.2) is 18.5 Å². The quantitative estimate of drug-likeness (QED) is 0.841. The van der Waals surface area contributed by atoms with Gasteiger partial charge in [0.2, 0.25) is 0 Å². The molecule has 0 bridgehead atoms. The average Bonchev–Trinajstić information content (AvgIpc) is 2.94. The summed E-state index contributed by atoms with van der Waals surface area (Å²) < 4.78 is 0. The Bertz CT molecular complexity index is 506. The van der Waals surface area contributed by atoms with Crippen LogP contribution in [0.4, 0.5) is 0 Å². The molecule has 1 aliphatic carbocycles. The van der Waals surface area contributed by atoms with Crippen molar-refractivity contribution in [1.29, 1.82) is 0 Å². The normalized spacial score (nSPS) is 17.1. The van der Waals surface area contributed by atoms with Crippen molar-refractivity contribution in [2.24, 2.45) is 11.7 Å². The van der Waals surface area contributed by atoms with E-state index in [-0.39, 0.29) is 11.9 Å². The van der Waals surface area contributed by atoms with Crippen LogP contribution in [0.3, 0.4) is 0 Å². The highest BCUT2D eigenvalue weighted by Gasteiger charge is 2.22. The van der Waals surface area contributed by atoms with E-state index in [4.69, 9.17) is 5.73 Å². The molecule has 0 radical (unpaired) electrons. The summed E-state index contributed by atoms with van der Waals surface area (Å²) in [7, 11) is 0. The lowest BCUT2D eigenvalue weighted by Crippen LogP contribution is -2.38. The molecule has 0 aliphatic heterocycles. The summed E-state index contributed by atoms with van der Waals surface area (Å²) in [6, 6.07) is 2.12. The lowest BCUT2D eigenvalue weighted by molar-refractivity contribution is 0.0923. The highest BCUT2D eigenvalue weighted by atomic mass is 32.1. The number of carbonyl (C=O) groups is 1. The molecule has 3 nitrogen and oxygen atoms in total. The van der Waals surface area contributed by atoms with Crippen molar-refractivity contribution in [2.75, 3.05) is 6.54 Å². The maximum Gasteiger partial charge on any atom is 0.262 e. The van der Waals surface area contributed by atoms with Crippen molar-refractivity contribution >= 4 is 17.2 Å². The van der Waals surface area contributed by atoms with Crippen LogP contribution in [0.15, 0.2) is 11.4 Å². The fraction of sp³-hybridized carbons (Fsp3) is 0.562. The monoisotopic (exact) mass is 290 g/mol. The van der Waals surface area contributed by atoms with Crippen molar-refractivity contribution < 1.29 is 4.79 Å². The van der Waals surface area contributed by atoms with Gasteiger partial charge in [-0.25, -0.2) is 0 Å². The Morgan fingerprint density at radius 2 is 2.25 bits per heavy atom. The van der Waals surface area contributed by atoms with Crippen molar-refractivity contribution in [3.8, 4) is 11.8 Å². The first kappa shape index (κ1) is 15.1. The summed E-state index contributed by atoms with van der Waals surface area (Å²) in [5, 5.41) is 5.04. The Labute approximate surface area is 124 Å². The zero-order valence-corrected chi connectivity index (χ0v) is 12.8. The van der Waals surface area contributed by atoms with Crippen LogP contribution in [0.5, 0.6) is 0 Å². The minimum atomic E-state index is -0.000560. The van der Waals surface area contributed by atoms with Crippen molar-refractivity contribution in [3.05, 3.63) is 21.9 Å². The standard InChI is InChI=1S/C16H22N2OS/c1-12(13-6-3-2-4-7-13)18-16(19)15-14(8-5-10-17)9-11-20-15/h9,11-13H,2-4,6-7,10,17H2,1H3,(H,18,19). The van der Waals surface area contributed by atoms with Crippen LogP contribution < -0.4 is 11.1 Å². The van der Waals surface area contributed by atoms with Gasteiger partial charge in [-0.05, 0) is 37.1 Å². The van der Waals surface area contributed by atoms with Crippen molar-refractivity contribution in [3.63, 3.8) is 0 Å². The number of nitrogens with two attached hydrogens (primary N) is 1. The maximum atomic E-state index is 12.3. The first-order valence-corrected chi connectivity index (χ1v) is 8.17. The molecule has 0 aromatic carbocycles. The molecule has 1 aliphatic rings. The van der Waals surface area contributed by atoms with Gasteiger partial charge in [-0.3, -0.25) is 4.79 Å². The second-order valence-electron chi connectivity index (χ2n) is 5.33. The number of hydrogen-bond acceptors (Lipinski definition) is 3. The molecular weight excluding hydrogens is 268 g/mol. The van der Waals surface area contributed by atoms with E-state index in [0.29, 0.717) is 17.3 Å². The topological polar surface area (TPSA) is 55.1 Å². The van der Waals surface area contributed by atoms with E-state index in [1.54, 1.807) is 0 Å². The SMILES string of the molecule is CC(NC(=O)c1sccc1C#CCN)C1CCCCC1. The molecule has 1 amide bonds. The summed E-state index contributed by atoms with van der Waals surface area (Å²) in [5.74, 6) is 6.38. The molecule has 20 heavy (non-hydrogen) atoms. The molecule has 1 saturated carbocycles. The Hall–Kier alpha value is -1.31. The zero-order chi connectivity index (χ0) is 14.4. The number of rotatable bonds is 3. The first-order valence-electron chi connectivity index (χ1n) is 7.29. The van der Waals surface area contributed by atoms with Crippen molar-refractivity contribution in [2.45, 2.75) is 45.1 Å². The van der Waals surface area contributed by atoms with E-state index in [2.05, 4.69) is 24.1 Å². The van der Waals surface area contributed by atoms with Crippen molar-refractivity contribution in [1.82, 2.24) is 5.32 Å². The molecule has 1 unspecified atom stereocenters. The summed E-state index contributed by atoms with van der Waals surface area (Å²) in [4.78, 5) is 13.0. The van der Waals surface area contributed by atoms with Gasteiger partial charge >= 0.3 is 0 Å². The molecule has 1 heterocycles. The number of hydrogen-bond donors (Lipinski definition) is 2. The molecular formula is C16H22N2OS. The average molecular weight is 290 g/mol. The Morgan fingerprint density at radius 1 is 1.50 bits per heavy atom. The second kappa shape index (κ2) is 7.47. The largest absolute Gasteiger partial charge is 0.349 e. The van der Waals surface area contributed by atoms with E-state index in [9.17, 15) is 4.79 Å². The van der Waals surface area contributed by atoms with E-state index >= 15 is 0 Å². The van der Waals surface area contributed by atoms with E-state index < -0.39 is 0 Å². The molecule has 1 aromatic heterocycles. The van der Waals surface area contributed by atoms with Gasteiger partial charge in [0, 0.05) is 11.6 Å². The number of carbonyl (C=O) groups excluding carboxylic acids is 1. The lowest BCUT2D eigenvalue weighted by Gasteiger charge is -2.28. The van der Waals surface area contributed by atoms with Crippen LogP contribution in [0.2, 0.25) is 0 Å². The highest BCUT2D eigenvalue weighted by molar-refractivity contribution is 7.12. The third kappa shape index (κ3) is 3.84. The van der Waals surface area contributed by atoms with Crippen LogP contribution >= 0.6 is 11.3 Å². The van der Waals surface area contributed by atoms with Gasteiger partial charge in [0.1, 0.15) is 4.88 Å². The Balaban J connectivity index is 1.99. The zero-order valence-electron chi connectivity index (χ0n) is 11.9. The fourth-order valence-corrected chi connectivity index (χ4v) is 3.51. The van der Waals surface area contributed by atoms with Gasteiger partial charge < -0.3 is 11.1 Å². The second-order valence-corrected chi connectivity index (χ2v) is 6.25. The Morgan fingerprint density at radius 3 is 2.95 bits per heavy atom. The van der Waals surface area contributed by atoms with Crippen LogP contribution in [0.1, 0.15) is 54.3 Å². The van der Waals surface area contributed by atoms with Crippen LogP contribution in [0.25, 0.3) is 0 Å². The number of thiophene rings is 1. The third-order valence-corrected chi connectivity index (χ3v) is 4.83. The highest BCUT2D eigenvalue weighted by Crippen LogP contribution is 2.26. The maximum absolute atomic E-state index is 12.3. The molecule has 1 aromatic rings. The minimum Gasteiger partial charge on any atom is -0.349 e. The molecule has 1 fully saturated rings. The fourth-order valence-electron chi connectivity index (χ4n) is 2.75. The summed E-state index contributed by atoms with van der Waals surface area (Å²) >= 11 is 1.44. The smallest absolute Gasteiger partial charge is 0.262 e. The van der Waals surface area contributed by atoms with Gasteiger partial charge in [-0.15, -0.1) is 11.3 Å². The molecule has 4 heteroatoms. The molecule has 3 N–H and O–H groups in total. The molecule has 0 saturated heterocycles. The predicted octanol–water partition coefficient (Wildman–Crippen LogP) is 2.76. The number of amides is 1. The summed E-state index contributed by atoms with van der Waals surface area (Å²) in [5.41, 5.74) is 6.16. The van der Waals surface area contributed by atoms with Gasteiger partial charge in [-0.1, -0.05) is 31.1 Å². The van der Waals surface area contributed by atoms with Gasteiger partial charge in [0.05, 0.1) is 6.54 Å². The van der Waals surface area contributed by atoms with Gasteiger partial charge in [0.15, 0.2) is 0 Å². The summed E-state index contributed by atoms with van der Waals surface area (Å²) in [6.07, 6.45) is 6.37. The predicted molar refractivity (Wildman–Crippen MR) is 83.8 cm³/mol. The van der Waals surface area contributed by atoms with E-state index in [1.165, 1.54) is 43.4 Å². The third-order valence-electron chi connectivity index (χ3n) is 3.91. The van der Waals surface area contributed by atoms with Crippen LogP contribution in [0, 0.1) is 17.8 Å². The summed E-state index contributed by atoms with van der Waals surface area (Å²) in [6.45, 7) is 2.43. The molecule has 108 valence electrons. The van der Waals surface area contributed by atoms with Crippen LogP contribution in [-0.2, 0) is 0 Å². The molecule has 2 rings (SSSR count). The first-order chi connectivity index (χ1) is 9.72. The van der Waals surface area contributed by atoms with Gasteiger partial charge in [0.25, 0.3) is 5.91 Å².